The van der Waals surface area contributed by atoms with E-state index in [1.54, 1.807) is 0 Å². The largest absolute Gasteiger partial charge is 0.330 e. The molecule has 0 spiro atoms. The number of unbranched alkanes of at least 4 members (excludes halogenated alkanes) is 1. The minimum absolute atomic E-state index is 0.670. The second-order valence-electron chi connectivity index (χ2n) is 4.19. The van der Waals surface area contributed by atoms with Gasteiger partial charge in [0, 0.05) is 12.7 Å². The summed E-state index contributed by atoms with van der Waals surface area (Å²) in [6.45, 7) is 6.17. The lowest BCUT2D eigenvalue weighted by atomic mass is 10.1. The second kappa shape index (κ2) is 6.56. The Balaban J connectivity index is 2.35. The van der Waals surface area contributed by atoms with E-state index in [0.29, 0.717) is 5.92 Å². The van der Waals surface area contributed by atoms with Crippen LogP contribution in [0.2, 0.25) is 0 Å². The van der Waals surface area contributed by atoms with Gasteiger partial charge in [0.05, 0.1) is 5.69 Å². The molecular weight excluding hydrogens is 188 g/mol. The Hall–Kier alpha value is -0.900. The highest BCUT2D eigenvalue weighted by molar-refractivity contribution is 4.92. The highest BCUT2D eigenvalue weighted by Gasteiger charge is 2.03. The minimum atomic E-state index is 0.670. The van der Waals surface area contributed by atoms with E-state index in [-0.39, 0.29) is 0 Å². The average molecular weight is 210 g/mol. The first kappa shape index (κ1) is 12.2. The van der Waals surface area contributed by atoms with Gasteiger partial charge in [-0.15, -0.1) is 5.10 Å². The fraction of sp³-hybridized carbons (Fsp3) is 0.818. The van der Waals surface area contributed by atoms with E-state index >= 15 is 0 Å². The van der Waals surface area contributed by atoms with Gasteiger partial charge < -0.3 is 5.73 Å². The van der Waals surface area contributed by atoms with Gasteiger partial charge in [-0.25, -0.2) is 0 Å². The zero-order chi connectivity index (χ0) is 11.1. The molecule has 0 aliphatic carbocycles. The lowest BCUT2D eigenvalue weighted by molar-refractivity contribution is 0.431. The van der Waals surface area contributed by atoms with Crippen molar-refractivity contribution in [2.75, 3.05) is 6.54 Å². The number of nitrogens with zero attached hydrogens (tertiary/aromatic N) is 3. The molecule has 0 aliphatic rings. The van der Waals surface area contributed by atoms with Crippen LogP contribution in [0.3, 0.4) is 0 Å². The Morgan fingerprint density at radius 3 is 2.93 bits per heavy atom. The normalized spacial score (nSPS) is 13.0. The molecule has 1 rings (SSSR count). The molecule has 0 aromatic carbocycles. The molecular formula is C11H22N4. The van der Waals surface area contributed by atoms with E-state index in [1.807, 2.05) is 4.68 Å². The quantitative estimate of drug-likeness (QED) is 0.695. The van der Waals surface area contributed by atoms with Gasteiger partial charge in [-0.2, -0.15) is 0 Å². The Morgan fingerprint density at radius 2 is 2.27 bits per heavy atom. The molecule has 0 aliphatic heterocycles. The zero-order valence-corrected chi connectivity index (χ0v) is 9.82. The summed E-state index contributed by atoms with van der Waals surface area (Å²) in [5, 5.41) is 8.27. The van der Waals surface area contributed by atoms with Crippen LogP contribution in [0.25, 0.3) is 0 Å². The fourth-order valence-corrected chi connectivity index (χ4v) is 1.44. The van der Waals surface area contributed by atoms with Crippen molar-refractivity contribution in [3.63, 3.8) is 0 Å². The number of nitrogens with two attached hydrogens (primary N) is 1. The van der Waals surface area contributed by atoms with Crippen molar-refractivity contribution in [3.05, 3.63) is 11.9 Å². The maximum absolute atomic E-state index is 5.44. The van der Waals surface area contributed by atoms with E-state index in [4.69, 9.17) is 5.73 Å². The number of hydrogen-bond donors (Lipinski definition) is 1. The average Bonchev–Trinajstić information content (AvgIpc) is 2.66. The summed E-state index contributed by atoms with van der Waals surface area (Å²) in [4.78, 5) is 0. The molecule has 2 N–H and O–H groups in total. The fourth-order valence-electron chi connectivity index (χ4n) is 1.44. The molecule has 0 fully saturated rings. The maximum Gasteiger partial charge on any atom is 0.0827 e. The molecule has 4 heteroatoms. The molecule has 0 saturated carbocycles. The van der Waals surface area contributed by atoms with Crippen LogP contribution < -0.4 is 5.73 Å². The van der Waals surface area contributed by atoms with E-state index in [2.05, 4.69) is 30.4 Å². The van der Waals surface area contributed by atoms with Crippen LogP contribution in [-0.2, 0) is 13.0 Å². The summed E-state index contributed by atoms with van der Waals surface area (Å²) in [6.07, 6.45) is 6.42. The van der Waals surface area contributed by atoms with Crippen LogP contribution in [0.5, 0.6) is 0 Å². The van der Waals surface area contributed by atoms with Crippen LogP contribution in [0, 0.1) is 5.92 Å². The molecule has 1 aromatic heterocycles. The minimum Gasteiger partial charge on any atom is -0.330 e. The molecule has 15 heavy (non-hydrogen) atoms. The summed E-state index contributed by atoms with van der Waals surface area (Å²) < 4.78 is 1.95. The Kier molecular flexibility index (Phi) is 5.32. The van der Waals surface area contributed by atoms with E-state index in [0.717, 1.165) is 38.0 Å². The molecule has 0 saturated heterocycles. The lowest BCUT2D eigenvalue weighted by Crippen LogP contribution is -2.07. The Morgan fingerprint density at radius 1 is 1.47 bits per heavy atom. The van der Waals surface area contributed by atoms with Gasteiger partial charge in [-0.3, -0.25) is 4.68 Å². The van der Waals surface area contributed by atoms with E-state index in [1.165, 1.54) is 6.42 Å². The van der Waals surface area contributed by atoms with Crippen molar-refractivity contribution < 1.29 is 0 Å². The van der Waals surface area contributed by atoms with Crippen molar-refractivity contribution in [2.45, 2.75) is 46.1 Å². The lowest BCUT2D eigenvalue weighted by Gasteiger charge is -2.06. The molecule has 1 atom stereocenters. The standard InChI is InChI=1S/C11H22N4/c1-3-10(2)8-15-9-11(13-14-15)6-4-5-7-12/h9-10H,3-8,12H2,1-2H3. The molecule has 1 aromatic rings. The highest BCUT2D eigenvalue weighted by atomic mass is 15.4. The molecule has 4 nitrogen and oxygen atoms in total. The van der Waals surface area contributed by atoms with Gasteiger partial charge >= 0.3 is 0 Å². The predicted octanol–water partition coefficient (Wildman–Crippen LogP) is 1.61. The van der Waals surface area contributed by atoms with E-state index in [9.17, 15) is 0 Å². The molecule has 0 amide bonds. The highest BCUT2D eigenvalue weighted by Crippen LogP contribution is 2.05. The van der Waals surface area contributed by atoms with Crippen LogP contribution in [-0.4, -0.2) is 21.5 Å². The van der Waals surface area contributed by atoms with Crippen molar-refractivity contribution >= 4 is 0 Å². The summed E-state index contributed by atoms with van der Waals surface area (Å²) in [5.74, 6) is 0.670. The number of rotatable bonds is 7. The van der Waals surface area contributed by atoms with Crippen LogP contribution in [0.1, 0.15) is 38.8 Å². The predicted molar refractivity (Wildman–Crippen MR) is 61.5 cm³/mol. The molecule has 1 unspecified atom stereocenters. The monoisotopic (exact) mass is 210 g/mol. The number of aryl methyl sites for hydroxylation is 1. The molecule has 1 heterocycles. The second-order valence-corrected chi connectivity index (χ2v) is 4.19. The zero-order valence-electron chi connectivity index (χ0n) is 9.82. The third-order valence-electron chi connectivity index (χ3n) is 2.67. The van der Waals surface area contributed by atoms with Crippen molar-refractivity contribution in [3.8, 4) is 0 Å². The first-order valence-electron chi connectivity index (χ1n) is 5.85. The van der Waals surface area contributed by atoms with Crippen molar-refractivity contribution in [2.24, 2.45) is 11.7 Å². The van der Waals surface area contributed by atoms with E-state index < -0.39 is 0 Å². The Bertz CT molecular complexity index is 269. The summed E-state index contributed by atoms with van der Waals surface area (Å²) >= 11 is 0. The van der Waals surface area contributed by atoms with Crippen LogP contribution in [0.15, 0.2) is 6.20 Å². The summed E-state index contributed by atoms with van der Waals surface area (Å²) in [7, 11) is 0. The SMILES string of the molecule is CCC(C)Cn1cc(CCCCN)nn1. The molecule has 0 bridgehead atoms. The smallest absolute Gasteiger partial charge is 0.0827 e. The third kappa shape index (κ3) is 4.42. The number of hydrogen-bond acceptors (Lipinski definition) is 3. The number of aromatic nitrogens is 3. The van der Waals surface area contributed by atoms with Gasteiger partial charge in [0.15, 0.2) is 0 Å². The van der Waals surface area contributed by atoms with Gasteiger partial charge in [0.1, 0.15) is 0 Å². The Labute approximate surface area is 91.9 Å². The third-order valence-corrected chi connectivity index (χ3v) is 2.67. The summed E-state index contributed by atoms with van der Waals surface area (Å²) in [6, 6.07) is 0. The topological polar surface area (TPSA) is 56.7 Å². The first-order chi connectivity index (χ1) is 7.26. The molecule has 86 valence electrons. The van der Waals surface area contributed by atoms with Gasteiger partial charge in [-0.1, -0.05) is 25.5 Å². The summed E-state index contributed by atoms with van der Waals surface area (Å²) in [5.41, 5.74) is 6.53. The van der Waals surface area contributed by atoms with Crippen LogP contribution in [0.4, 0.5) is 0 Å². The van der Waals surface area contributed by atoms with Gasteiger partial charge in [0.2, 0.25) is 0 Å². The van der Waals surface area contributed by atoms with Gasteiger partial charge in [-0.05, 0) is 31.7 Å². The van der Waals surface area contributed by atoms with Crippen LogP contribution >= 0.6 is 0 Å². The maximum atomic E-state index is 5.44. The van der Waals surface area contributed by atoms with Crippen molar-refractivity contribution in [1.82, 2.24) is 15.0 Å². The molecule has 0 radical (unpaired) electrons. The first-order valence-corrected chi connectivity index (χ1v) is 5.85. The van der Waals surface area contributed by atoms with Gasteiger partial charge in [0.25, 0.3) is 0 Å². The van der Waals surface area contributed by atoms with Crippen molar-refractivity contribution in [1.29, 1.82) is 0 Å².